The maximum atomic E-state index is 8.91. The van der Waals surface area contributed by atoms with E-state index in [1.807, 2.05) is 12.1 Å². The van der Waals surface area contributed by atoms with E-state index in [2.05, 4.69) is 4.98 Å². The summed E-state index contributed by atoms with van der Waals surface area (Å²) in [5, 5.41) is 18.8. The molecule has 2 aromatic rings. The van der Waals surface area contributed by atoms with Gasteiger partial charge in [-0.3, -0.25) is 0 Å². The smallest absolute Gasteiger partial charge is 0.160 e. The third kappa shape index (κ3) is 1.47. The van der Waals surface area contributed by atoms with E-state index in [9.17, 15) is 0 Å². The van der Waals surface area contributed by atoms with Crippen LogP contribution < -0.4 is 0 Å². The van der Waals surface area contributed by atoms with E-state index in [1.165, 1.54) is 0 Å². The fourth-order valence-electron chi connectivity index (χ4n) is 1.41. The molecule has 0 aliphatic carbocycles. The van der Waals surface area contributed by atoms with Crippen molar-refractivity contribution in [1.82, 2.24) is 4.98 Å². The van der Waals surface area contributed by atoms with Crippen LogP contribution in [0.4, 0.5) is 0 Å². The van der Waals surface area contributed by atoms with Gasteiger partial charge in [-0.25, -0.2) is 4.98 Å². The average Bonchev–Trinajstić information content (AvgIpc) is 2.28. The molecule has 0 amide bonds. The summed E-state index contributed by atoms with van der Waals surface area (Å²) in [7, 11) is 0. The van der Waals surface area contributed by atoms with Gasteiger partial charge in [0.05, 0.1) is 15.6 Å². The second kappa shape index (κ2) is 3.98. The van der Waals surface area contributed by atoms with Gasteiger partial charge in [-0.2, -0.15) is 10.5 Å². The largest absolute Gasteiger partial charge is 0.236 e. The molecule has 5 heteroatoms. The molecule has 0 aliphatic heterocycles. The minimum atomic E-state index is 0.0160. The fraction of sp³-hybridized carbons (Fsp3) is 0. The Morgan fingerprint density at radius 2 is 1.88 bits per heavy atom. The monoisotopic (exact) mass is 247 g/mol. The minimum Gasteiger partial charge on any atom is -0.236 e. The zero-order valence-corrected chi connectivity index (χ0v) is 9.34. The summed E-state index contributed by atoms with van der Waals surface area (Å²) in [4.78, 5) is 4.03. The van der Waals surface area contributed by atoms with E-state index in [0.29, 0.717) is 15.9 Å². The Labute approximate surface area is 101 Å². The first-order valence-corrected chi connectivity index (χ1v) is 5.02. The van der Waals surface area contributed by atoms with Gasteiger partial charge in [-0.05, 0) is 12.1 Å². The zero-order chi connectivity index (χ0) is 11.7. The van der Waals surface area contributed by atoms with Gasteiger partial charge in [0, 0.05) is 5.39 Å². The van der Waals surface area contributed by atoms with Gasteiger partial charge in [0.25, 0.3) is 0 Å². The van der Waals surface area contributed by atoms with E-state index in [-0.39, 0.29) is 16.3 Å². The summed E-state index contributed by atoms with van der Waals surface area (Å²) in [6.07, 6.45) is 0. The number of benzene rings is 1. The van der Waals surface area contributed by atoms with Gasteiger partial charge < -0.3 is 0 Å². The highest BCUT2D eigenvalue weighted by Gasteiger charge is 2.14. The summed E-state index contributed by atoms with van der Waals surface area (Å²) in [6.45, 7) is 0. The Kier molecular flexibility index (Phi) is 2.66. The highest BCUT2D eigenvalue weighted by atomic mass is 35.5. The minimum absolute atomic E-state index is 0.0160. The molecule has 0 bridgehead atoms. The fourth-order valence-corrected chi connectivity index (χ4v) is 2.05. The molecule has 76 valence electrons. The lowest BCUT2D eigenvalue weighted by Gasteiger charge is -2.04. The highest BCUT2D eigenvalue weighted by molar-refractivity contribution is 6.42. The number of nitrogens with zero attached hydrogens (tertiary/aromatic N) is 3. The highest BCUT2D eigenvalue weighted by Crippen LogP contribution is 2.32. The average molecular weight is 248 g/mol. The van der Waals surface area contributed by atoms with Crippen molar-refractivity contribution in [3.63, 3.8) is 0 Å². The quantitative estimate of drug-likeness (QED) is 0.718. The van der Waals surface area contributed by atoms with Crippen molar-refractivity contribution in [2.75, 3.05) is 0 Å². The number of hydrogen-bond acceptors (Lipinski definition) is 3. The lowest BCUT2D eigenvalue weighted by atomic mass is 10.1. The van der Waals surface area contributed by atoms with Crippen LogP contribution in [0.2, 0.25) is 10.0 Å². The van der Waals surface area contributed by atoms with Crippen LogP contribution in [0.1, 0.15) is 11.3 Å². The Balaban J connectivity index is 3.03. The predicted molar refractivity (Wildman–Crippen MR) is 61.2 cm³/mol. The molecule has 1 heterocycles. The van der Waals surface area contributed by atoms with Crippen molar-refractivity contribution in [2.45, 2.75) is 0 Å². The van der Waals surface area contributed by atoms with Crippen molar-refractivity contribution >= 4 is 34.1 Å². The molecule has 3 nitrogen and oxygen atoms in total. The van der Waals surface area contributed by atoms with Crippen LogP contribution in [0.15, 0.2) is 18.2 Å². The van der Waals surface area contributed by atoms with Crippen molar-refractivity contribution in [3.05, 3.63) is 39.5 Å². The molecule has 0 spiro atoms. The van der Waals surface area contributed by atoms with Crippen LogP contribution in [0.5, 0.6) is 0 Å². The standard InChI is InChI=1S/C11H3Cl2N3/c12-7-2-1-3-8-10(7)11(13)6(4-14)9(5-15)16-8/h1-3H. The SMILES string of the molecule is N#Cc1nc2cccc(Cl)c2c(Cl)c1C#N. The molecule has 0 radical (unpaired) electrons. The number of halogens is 2. The molecule has 0 N–H and O–H groups in total. The van der Waals surface area contributed by atoms with Crippen LogP contribution in [-0.2, 0) is 0 Å². The van der Waals surface area contributed by atoms with Crippen LogP contribution in [0.3, 0.4) is 0 Å². The summed E-state index contributed by atoms with van der Waals surface area (Å²) in [6, 6.07) is 8.75. The zero-order valence-electron chi connectivity index (χ0n) is 7.83. The lowest BCUT2D eigenvalue weighted by molar-refractivity contribution is 1.30. The summed E-state index contributed by atoms with van der Waals surface area (Å²) < 4.78 is 0. The Morgan fingerprint density at radius 3 is 2.50 bits per heavy atom. The number of nitriles is 2. The molecular formula is C11H3Cl2N3. The van der Waals surface area contributed by atoms with E-state index >= 15 is 0 Å². The normalized spacial score (nSPS) is 9.75. The number of hydrogen-bond donors (Lipinski definition) is 0. The van der Waals surface area contributed by atoms with E-state index < -0.39 is 0 Å². The topological polar surface area (TPSA) is 60.5 Å². The molecule has 16 heavy (non-hydrogen) atoms. The van der Waals surface area contributed by atoms with Gasteiger partial charge in [0.15, 0.2) is 5.69 Å². The molecule has 0 atom stereocenters. The van der Waals surface area contributed by atoms with Gasteiger partial charge in [-0.1, -0.05) is 29.3 Å². The van der Waals surface area contributed by atoms with Gasteiger partial charge in [0.1, 0.15) is 17.7 Å². The van der Waals surface area contributed by atoms with Crippen molar-refractivity contribution in [2.24, 2.45) is 0 Å². The van der Waals surface area contributed by atoms with Crippen LogP contribution in [0, 0.1) is 22.7 Å². The molecule has 0 aliphatic rings. The number of pyridine rings is 1. The number of rotatable bonds is 0. The second-order valence-electron chi connectivity index (χ2n) is 3.01. The van der Waals surface area contributed by atoms with Gasteiger partial charge in [-0.15, -0.1) is 0 Å². The first kappa shape index (κ1) is 10.7. The molecule has 0 saturated carbocycles. The van der Waals surface area contributed by atoms with Crippen LogP contribution >= 0.6 is 23.2 Å². The molecule has 0 saturated heterocycles. The maximum Gasteiger partial charge on any atom is 0.160 e. The van der Waals surface area contributed by atoms with Crippen LogP contribution in [-0.4, -0.2) is 4.98 Å². The Morgan fingerprint density at radius 1 is 1.12 bits per heavy atom. The van der Waals surface area contributed by atoms with Gasteiger partial charge in [0.2, 0.25) is 0 Å². The molecular weight excluding hydrogens is 245 g/mol. The van der Waals surface area contributed by atoms with Crippen molar-refractivity contribution < 1.29 is 0 Å². The summed E-state index contributed by atoms with van der Waals surface area (Å²) in [5.41, 5.74) is 0.583. The van der Waals surface area contributed by atoms with Gasteiger partial charge >= 0.3 is 0 Å². The molecule has 1 aromatic heterocycles. The lowest BCUT2D eigenvalue weighted by Crippen LogP contribution is -1.93. The van der Waals surface area contributed by atoms with Crippen molar-refractivity contribution in [3.8, 4) is 12.1 Å². The van der Waals surface area contributed by atoms with E-state index in [4.69, 9.17) is 33.7 Å². The Bertz CT molecular complexity index is 665. The summed E-state index contributed by atoms with van der Waals surface area (Å²) >= 11 is 12.0. The Hall–Kier alpha value is -1.81. The van der Waals surface area contributed by atoms with E-state index in [1.54, 1.807) is 18.2 Å². The first-order chi connectivity index (χ1) is 7.69. The predicted octanol–water partition coefficient (Wildman–Crippen LogP) is 3.28. The third-order valence-corrected chi connectivity index (χ3v) is 2.81. The molecule has 0 fully saturated rings. The number of fused-ring (bicyclic) bond motifs is 1. The molecule has 0 unspecified atom stereocenters. The maximum absolute atomic E-state index is 8.91. The number of aromatic nitrogens is 1. The third-order valence-electron chi connectivity index (χ3n) is 2.12. The second-order valence-corrected chi connectivity index (χ2v) is 3.79. The molecule has 1 aromatic carbocycles. The van der Waals surface area contributed by atoms with E-state index in [0.717, 1.165) is 0 Å². The van der Waals surface area contributed by atoms with Crippen LogP contribution in [0.25, 0.3) is 10.9 Å². The molecule has 2 rings (SSSR count). The van der Waals surface area contributed by atoms with Crippen molar-refractivity contribution in [1.29, 1.82) is 10.5 Å². The first-order valence-electron chi connectivity index (χ1n) is 4.27. The summed E-state index contributed by atoms with van der Waals surface area (Å²) in [5.74, 6) is 0.